The Balaban J connectivity index is 1.88. The quantitative estimate of drug-likeness (QED) is 0.676. The summed E-state index contributed by atoms with van der Waals surface area (Å²) in [5.41, 5.74) is 6.54. The number of carbonyl (C=O) groups is 2. The van der Waals surface area contributed by atoms with Gasteiger partial charge in [0.1, 0.15) is 12.4 Å². The molecule has 0 aliphatic rings. The van der Waals surface area contributed by atoms with Crippen LogP contribution in [0.3, 0.4) is 0 Å². The minimum absolute atomic E-state index is 0.0908. The van der Waals surface area contributed by atoms with Gasteiger partial charge in [0.15, 0.2) is 0 Å². The van der Waals surface area contributed by atoms with Crippen LogP contribution < -0.4 is 10.5 Å². The predicted molar refractivity (Wildman–Crippen MR) is 76.6 cm³/mol. The van der Waals surface area contributed by atoms with Gasteiger partial charge in [-0.2, -0.15) is 0 Å². The van der Waals surface area contributed by atoms with E-state index >= 15 is 0 Å². The lowest BCUT2D eigenvalue weighted by molar-refractivity contribution is -0.133. The van der Waals surface area contributed by atoms with Crippen molar-refractivity contribution in [2.75, 3.05) is 0 Å². The van der Waals surface area contributed by atoms with E-state index in [9.17, 15) is 9.59 Å². The smallest absolute Gasteiger partial charge is 0.404 e. The first-order valence-corrected chi connectivity index (χ1v) is 6.39. The standard InChI is InChI=1S/C16H15NO4/c17-16(19)20-11-13-6-8-14(9-7-13)21-15(18)10-12-4-2-1-3-5-12/h1-9H,10-11H2,(H2,17,19). The number of nitrogens with two attached hydrogens (primary N) is 1. The summed E-state index contributed by atoms with van der Waals surface area (Å²) in [5.74, 6) is 0.112. The number of primary amides is 1. The van der Waals surface area contributed by atoms with E-state index in [-0.39, 0.29) is 19.0 Å². The third kappa shape index (κ3) is 4.99. The normalized spacial score (nSPS) is 9.90. The molecule has 0 spiro atoms. The molecule has 2 aromatic carbocycles. The number of esters is 1. The first-order chi connectivity index (χ1) is 10.1. The molecule has 0 aliphatic carbocycles. The monoisotopic (exact) mass is 285 g/mol. The Kier molecular flexibility index (Phi) is 4.93. The van der Waals surface area contributed by atoms with Gasteiger partial charge in [0.25, 0.3) is 0 Å². The summed E-state index contributed by atoms with van der Waals surface area (Å²) >= 11 is 0. The Morgan fingerprint density at radius 2 is 1.57 bits per heavy atom. The van der Waals surface area contributed by atoms with E-state index in [1.165, 1.54) is 0 Å². The number of hydrogen-bond donors (Lipinski definition) is 1. The van der Waals surface area contributed by atoms with Crippen LogP contribution in [0.25, 0.3) is 0 Å². The molecule has 0 aromatic heterocycles. The fourth-order valence-corrected chi connectivity index (χ4v) is 1.74. The SMILES string of the molecule is NC(=O)OCc1ccc(OC(=O)Cc2ccccc2)cc1. The molecule has 108 valence electrons. The van der Waals surface area contributed by atoms with Crippen LogP contribution in [0.2, 0.25) is 0 Å². The predicted octanol–water partition coefficient (Wildman–Crippen LogP) is 2.43. The van der Waals surface area contributed by atoms with E-state index in [4.69, 9.17) is 10.5 Å². The zero-order chi connectivity index (χ0) is 15.1. The van der Waals surface area contributed by atoms with Gasteiger partial charge in [-0.25, -0.2) is 4.79 Å². The lowest BCUT2D eigenvalue weighted by atomic mass is 10.1. The van der Waals surface area contributed by atoms with Crippen molar-refractivity contribution in [3.8, 4) is 5.75 Å². The molecule has 0 saturated carbocycles. The van der Waals surface area contributed by atoms with Crippen molar-refractivity contribution < 1.29 is 19.1 Å². The van der Waals surface area contributed by atoms with Gasteiger partial charge in [-0.05, 0) is 23.3 Å². The fourth-order valence-electron chi connectivity index (χ4n) is 1.74. The van der Waals surface area contributed by atoms with Gasteiger partial charge in [-0.3, -0.25) is 4.79 Å². The van der Waals surface area contributed by atoms with E-state index in [1.807, 2.05) is 30.3 Å². The van der Waals surface area contributed by atoms with Gasteiger partial charge in [0, 0.05) is 0 Å². The van der Waals surface area contributed by atoms with Crippen LogP contribution in [0.5, 0.6) is 5.75 Å². The van der Waals surface area contributed by atoms with Gasteiger partial charge in [-0.15, -0.1) is 0 Å². The molecule has 0 aliphatic heterocycles. The van der Waals surface area contributed by atoms with E-state index in [0.29, 0.717) is 5.75 Å². The highest BCUT2D eigenvalue weighted by molar-refractivity contribution is 5.75. The number of hydrogen-bond acceptors (Lipinski definition) is 4. The maximum atomic E-state index is 11.8. The number of amides is 1. The zero-order valence-electron chi connectivity index (χ0n) is 11.3. The van der Waals surface area contributed by atoms with Crippen LogP contribution in [-0.2, 0) is 22.6 Å². The Morgan fingerprint density at radius 3 is 2.19 bits per heavy atom. The van der Waals surface area contributed by atoms with Crippen molar-refractivity contribution in [3.05, 3.63) is 65.7 Å². The zero-order valence-corrected chi connectivity index (χ0v) is 11.3. The summed E-state index contributed by atoms with van der Waals surface area (Å²) in [7, 11) is 0. The molecule has 0 bridgehead atoms. The molecule has 0 unspecified atom stereocenters. The second kappa shape index (κ2) is 7.09. The summed E-state index contributed by atoms with van der Waals surface area (Å²) in [5, 5.41) is 0. The third-order valence-corrected chi connectivity index (χ3v) is 2.73. The molecule has 0 radical (unpaired) electrons. The van der Waals surface area contributed by atoms with Crippen LogP contribution >= 0.6 is 0 Å². The molecule has 5 heteroatoms. The second-order valence-corrected chi connectivity index (χ2v) is 4.39. The Morgan fingerprint density at radius 1 is 0.905 bits per heavy atom. The first kappa shape index (κ1) is 14.6. The molecule has 0 heterocycles. The lowest BCUT2D eigenvalue weighted by Crippen LogP contribution is -2.13. The van der Waals surface area contributed by atoms with E-state index in [2.05, 4.69) is 4.74 Å². The average molecular weight is 285 g/mol. The fraction of sp³-hybridized carbons (Fsp3) is 0.125. The average Bonchev–Trinajstić information content (AvgIpc) is 2.47. The third-order valence-electron chi connectivity index (χ3n) is 2.73. The number of benzene rings is 2. The highest BCUT2D eigenvalue weighted by Gasteiger charge is 2.06. The molecule has 2 N–H and O–H groups in total. The highest BCUT2D eigenvalue weighted by atomic mass is 16.5. The molecule has 1 amide bonds. The van der Waals surface area contributed by atoms with Gasteiger partial charge in [0.2, 0.25) is 0 Å². The van der Waals surface area contributed by atoms with Crippen molar-refractivity contribution in [3.63, 3.8) is 0 Å². The summed E-state index contributed by atoms with van der Waals surface area (Å²) in [6.07, 6.45) is -0.610. The molecule has 2 aromatic rings. The Hall–Kier alpha value is -2.82. The van der Waals surface area contributed by atoms with Crippen molar-refractivity contribution in [1.82, 2.24) is 0 Å². The highest BCUT2D eigenvalue weighted by Crippen LogP contribution is 2.14. The number of ether oxygens (including phenoxy) is 2. The molecular weight excluding hydrogens is 270 g/mol. The van der Waals surface area contributed by atoms with Crippen molar-refractivity contribution in [1.29, 1.82) is 0 Å². The summed E-state index contributed by atoms with van der Waals surface area (Å²) < 4.78 is 9.89. The van der Waals surface area contributed by atoms with E-state index < -0.39 is 6.09 Å². The van der Waals surface area contributed by atoms with Crippen molar-refractivity contribution in [2.45, 2.75) is 13.0 Å². The molecule has 0 fully saturated rings. The molecular formula is C16H15NO4. The Bertz CT molecular complexity index is 608. The topological polar surface area (TPSA) is 78.6 Å². The summed E-state index contributed by atoms with van der Waals surface area (Å²) in [6, 6.07) is 16.1. The second-order valence-electron chi connectivity index (χ2n) is 4.39. The number of carbonyl (C=O) groups excluding carboxylic acids is 2. The molecule has 21 heavy (non-hydrogen) atoms. The summed E-state index contributed by atoms with van der Waals surface area (Å²) in [4.78, 5) is 22.3. The maximum absolute atomic E-state index is 11.8. The lowest BCUT2D eigenvalue weighted by Gasteiger charge is -2.06. The minimum Gasteiger partial charge on any atom is -0.445 e. The molecule has 5 nitrogen and oxygen atoms in total. The van der Waals surface area contributed by atoms with Crippen molar-refractivity contribution in [2.24, 2.45) is 5.73 Å². The van der Waals surface area contributed by atoms with Gasteiger partial charge < -0.3 is 15.2 Å². The van der Waals surface area contributed by atoms with E-state index in [0.717, 1.165) is 11.1 Å². The molecule has 0 atom stereocenters. The minimum atomic E-state index is -0.826. The van der Waals surface area contributed by atoms with Crippen molar-refractivity contribution >= 4 is 12.1 Å². The number of rotatable bonds is 5. The van der Waals surface area contributed by atoms with Crippen LogP contribution in [0.15, 0.2) is 54.6 Å². The largest absolute Gasteiger partial charge is 0.445 e. The molecule has 0 saturated heterocycles. The molecule has 2 rings (SSSR count). The van der Waals surface area contributed by atoms with Crippen LogP contribution in [0.1, 0.15) is 11.1 Å². The van der Waals surface area contributed by atoms with Crippen LogP contribution in [-0.4, -0.2) is 12.1 Å². The van der Waals surface area contributed by atoms with E-state index in [1.54, 1.807) is 24.3 Å². The van der Waals surface area contributed by atoms with Crippen LogP contribution in [0.4, 0.5) is 4.79 Å². The van der Waals surface area contributed by atoms with Gasteiger partial charge in [-0.1, -0.05) is 42.5 Å². The van der Waals surface area contributed by atoms with Gasteiger partial charge in [0.05, 0.1) is 6.42 Å². The summed E-state index contributed by atoms with van der Waals surface area (Å²) in [6.45, 7) is 0.0908. The Labute approximate surface area is 122 Å². The first-order valence-electron chi connectivity index (χ1n) is 6.39. The van der Waals surface area contributed by atoms with Crippen LogP contribution in [0, 0.1) is 0 Å². The maximum Gasteiger partial charge on any atom is 0.404 e. The van der Waals surface area contributed by atoms with Gasteiger partial charge >= 0.3 is 12.1 Å².